The third-order valence-corrected chi connectivity index (χ3v) is 3.54. The van der Waals surface area contributed by atoms with Crippen LogP contribution < -0.4 is 0 Å². The number of rotatable bonds is 4. The number of halogens is 8. The van der Waals surface area contributed by atoms with Crippen molar-refractivity contribution in [3.63, 3.8) is 0 Å². The van der Waals surface area contributed by atoms with Gasteiger partial charge in [0.2, 0.25) is 0 Å². The summed E-state index contributed by atoms with van der Waals surface area (Å²) in [6.07, 6.45) is -15.7. The van der Waals surface area contributed by atoms with Crippen molar-refractivity contribution in [2.45, 2.75) is 30.5 Å². The summed E-state index contributed by atoms with van der Waals surface area (Å²) in [6, 6.07) is 5.64. The van der Waals surface area contributed by atoms with Gasteiger partial charge >= 0.3 is 18.0 Å². The molecule has 0 saturated heterocycles. The quantitative estimate of drug-likeness (QED) is 0.472. The monoisotopic (exact) mass is 430 g/mol. The fraction of sp³-hybridized carbons (Fsp3) is 0.500. The van der Waals surface area contributed by atoms with Gasteiger partial charge in [0, 0.05) is 17.1 Å². The van der Waals surface area contributed by atoms with E-state index in [0.717, 1.165) is 7.11 Å². The summed E-state index contributed by atoms with van der Waals surface area (Å²) in [7, 11) is 0.928. The average molecular weight is 430 g/mol. The molecule has 0 saturated carbocycles. The number of ether oxygens (including phenoxy) is 1. The molecule has 0 aliphatic rings. The lowest BCUT2D eigenvalue weighted by Gasteiger charge is -2.32. The molecule has 1 atom stereocenters. The van der Waals surface area contributed by atoms with Gasteiger partial charge in [0.15, 0.2) is 0 Å². The summed E-state index contributed by atoms with van der Waals surface area (Å²) in [4.78, 5) is 0. The number of hydrogen-bond donors (Lipinski definition) is 0. The summed E-state index contributed by atoms with van der Waals surface area (Å²) in [6.45, 7) is 0. The van der Waals surface area contributed by atoms with E-state index in [2.05, 4.69) is 4.74 Å². The van der Waals surface area contributed by atoms with Gasteiger partial charge in [-0.3, -0.25) is 0 Å². The molecule has 1 rings (SSSR count). The zero-order chi connectivity index (χ0) is 16.5. The highest BCUT2D eigenvalue weighted by molar-refractivity contribution is 14.1. The molecule has 0 aliphatic heterocycles. The van der Waals surface area contributed by atoms with Crippen molar-refractivity contribution in [1.82, 2.24) is 0 Å². The summed E-state index contributed by atoms with van der Waals surface area (Å²) < 4.78 is 94.2. The minimum Gasteiger partial charge on any atom is -0.377 e. The minimum absolute atomic E-state index is 0.0416. The van der Waals surface area contributed by atoms with Crippen molar-refractivity contribution in [2.24, 2.45) is 0 Å². The summed E-state index contributed by atoms with van der Waals surface area (Å²) in [5, 5.41) is 0. The second-order valence-corrected chi connectivity index (χ2v) is 5.53. The first kappa shape index (κ1) is 18.5. The molecule has 1 aromatic carbocycles. The van der Waals surface area contributed by atoms with Crippen LogP contribution in [0.5, 0.6) is 0 Å². The molecule has 1 aromatic rings. The van der Waals surface area contributed by atoms with Crippen LogP contribution in [0.15, 0.2) is 24.3 Å². The van der Waals surface area contributed by atoms with Gasteiger partial charge in [0.1, 0.15) is 0 Å². The Hall–Kier alpha value is -0.580. The standard InChI is InChI=1S/C12H10F7IO/c1-21-9(7-3-2-4-8(20)5-7)6-10(13,11(14,15)16)12(17,18)19/h2-5,9H,6H2,1H3. The van der Waals surface area contributed by atoms with Crippen LogP contribution in [0.4, 0.5) is 30.7 Å². The van der Waals surface area contributed by atoms with Gasteiger partial charge in [-0.05, 0) is 40.3 Å². The molecule has 0 bridgehead atoms. The van der Waals surface area contributed by atoms with Crippen molar-refractivity contribution in [3.8, 4) is 0 Å². The van der Waals surface area contributed by atoms with Crippen LogP contribution in [0.25, 0.3) is 0 Å². The maximum absolute atomic E-state index is 13.7. The van der Waals surface area contributed by atoms with Gasteiger partial charge in [-0.25, -0.2) is 4.39 Å². The minimum atomic E-state index is -6.08. The van der Waals surface area contributed by atoms with E-state index in [1.807, 2.05) is 22.6 Å². The number of hydrogen-bond acceptors (Lipinski definition) is 1. The second kappa shape index (κ2) is 6.27. The molecule has 21 heavy (non-hydrogen) atoms. The highest BCUT2D eigenvalue weighted by Gasteiger charge is 2.72. The molecule has 0 amide bonds. The lowest BCUT2D eigenvalue weighted by molar-refractivity contribution is -0.348. The van der Waals surface area contributed by atoms with Crippen LogP contribution in [0.1, 0.15) is 18.1 Å². The highest BCUT2D eigenvalue weighted by Crippen LogP contribution is 2.51. The topological polar surface area (TPSA) is 9.23 Å². The molecule has 1 unspecified atom stereocenters. The first-order valence-electron chi connectivity index (χ1n) is 5.53. The Balaban J connectivity index is 3.18. The van der Waals surface area contributed by atoms with E-state index in [1.54, 1.807) is 6.07 Å². The third kappa shape index (κ3) is 3.99. The molecule has 0 spiro atoms. The number of alkyl halides is 7. The van der Waals surface area contributed by atoms with Crippen molar-refractivity contribution < 1.29 is 35.5 Å². The van der Waals surface area contributed by atoms with Crippen LogP contribution in [0.2, 0.25) is 0 Å². The Kier molecular flexibility index (Phi) is 5.51. The van der Waals surface area contributed by atoms with E-state index in [-0.39, 0.29) is 5.56 Å². The van der Waals surface area contributed by atoms with Crippen LogP contribution >= 0.6 is 22.6 Å². The molecule has 0 heterocycles. The van der Waals surface area contributed by atoms with Crippen molar-refractivity contribution in [2.75, 3.05) is 7.11 Å². The van der Waals surface area contributed by atoms with E-state index in [4.69, 9.17) is 0 Å². The van der Waals surface area contributed by atoms with Crippen molar-refractivity contribution in [1.29, 1.82) is 0 Å². The number of benzene rings is 1. The van der Waals surface area contributed by atoms with Gasteiger partial charge in [-0.2, -0.15) is 26.3 Å². The molecular weight excluding hydrogens is 420 g/mol. The molecule has 0 aliphatic carbocycles. The summed E-state index contributed by atoms with van der Waals surface area (Å²) in [5.41, 5.74) is -5.29. The Morgan fingerprint density at radius 2 is 1.57 bits per heavy atom. The Labute approximate surface area is 129 Å². The first-order chi connectivity index (χ1) is 9.42. The van der Waals surface area contributed by atoms with Gasteiger partial charge < -0.3 is 4.74 Å². The van der Waals surface area contributed by atoms with Crippen LogP contribution in [-0.4, -0.2) is 25.1 Å². The van der Waals surface area contributed by atoms with Gasteiger partial charge in [0.05, 0.1) is 6.10 Å². The molecule has 9 heteroatoms. The van der Waals surface area contributed by atoms with E-state index in [9.17, 15) is 30.7 Å². The van der Waals surface area contributed by atoms with Crippen LogP contribution in [0.3, 0.4) is 0 Å². The molecular formula is C12H10F7IO. The van der Waals surface area contributed by atoms with Crippen molar-refractivity contribution >= 4 is 22.6 Å². The lowest BCUT2D eigenvalue weighted by Crippen LogP contribution is -2.54. The molecule has 0 radical (unpaired) electrons. The smallest absolute Gasteiger partial charge is 0.377 e. The van der Waals surface area contributed by atoms with E-state index in [0.29, 0.717) is 3.57 Å². The van der Waals surface area contributed by atoms with Crippen LogP contribution in [0, 0.1) is 3.57 Å². The zero-order valence-corrected chi connectivity index (χ0v) is 12.7. The SMILES string of the molecule is COC(CC(F)(C(F)(F)F)C(F)(F)F)c1cccc(I)c1. The predicted molar refractivity (Wildman–Crippen MR) is 69.5 cm³/mol. The van der Waals surface area contributed by atoms with Gasteiger partial charge in [0.25, 0.3) is 0 Å². The highest BCUT2D eigenvalue weighted by atomic mass is 127. The fourth-order valence-corrected chi connectivity index (χ4v) is 2.26. The maximum Gasteiger partial charge on any atom is 0.431 e. The maximum atomic E-state index is 13.7. The van der Waals surface area contributed by atoms with Crippen LogP contribution in [-0.2, 0) is 4.74 Å². The van der Waals surface area contributed by atoms with E-state index in [1.165, 1.54) is 18.2 Å². The van der Waals surface area contributed by atoms with E-state index >= 15 is 0 Å². The molecule has 0 fully saturated rings. The zero-order valence-electron chi connectivity index (χ0n) is 10.5. The Morgan fingerprint density at radius 3 is 1.95 bits per heavy atom. The first-order valence-corrected chi connectivity index (χ1v) is 6.61. The Bertz CT molecular complexity index is 469. The van der Waals surface area contributed by atoms with Crippen molar-refractivity contribution in [3.05, 3.63) is 33.4 Å². The summed E-state index contributed by atoms with van der Waals surface area (Å²) in [5.74, 6) is 0. The molecule has 1 nitrogen and oxygen atoms in total. The predicted octanol–water partition coefficient (Wildman–Crippen LogP) is 5.20. The number of methoxy groups -OCH3 is 1. The molecule has 0 aromatic heterocycles. The third-order valence-electron chi connectivity index (χ3n) is 2.87. The largest absolute Gasteiger partial charge is 0.431 e. The van der Waals surface area contributed by atoms with E-state index < -0.39 is 30.5 Å². The van der Waals surface area contributed by atoms with Gasteiger partial charge in [-0.1, -0.05) is 12.1 Å². The lowest BCUT2D eigenvalue weighted by atomic mass is 9.93. The molecule has 0 N–H and O–H groups in total. The second-order valence-electron chi connectivity index (χ2n) is 4.28. The summed E-state index contributed by atoms with van der Waals surface area (Å²) >= 11 is 1.83. The van der Waals surface area contributed by atoms with Gasteiger partial charge in [-0.15, -0.1) is 0 Å². The normalized spacial score (nSPS) is 15.1. The fourth-order valence-electron chi connectivity index (χ4n) is 1.69. The average Bonchev–Trinajstić information content (AvgIpc) is 2.32. The Morgan fingerprint density at radius 1 is 1.05 bits per heavy atom. The molecule has 120 valence electrons.